The molecule has 0 saturated heterocycles. The molecule has 5 heteroatoms. The van der Waals surface area contributed by atoms with Crippen LogP contribution in [0.4, 0.5) is 0 Å². The van der Waals surface area contributed by atoms with Crippen molar-refractivity contribution in [2.45, 2.75) is 0 Å². The normalized spacial score (nSPS) is 9.14. The van der Waals surface area contributed by atoms with E-state index in [9.17, 15) is 8.42 Å². The van der Waals surface area contributed by atoms with E-state index in [4.69, 9.17) is 0 Å². The average Bonchev–Trinajstić information content (AvgIpc) is 1.36. The lowest BCUT2D eigenvalue weighted by molar-refractivity contribution is 0.615. The lowest BCUT2D eigenvalue weighted by Gasteiger charge is -1.65. The summed E-state index contributed by atoms with van der Waals surface area (Å²) in [5.41, 5.74) is 4.50. The van der Waals surface area contributed by atoms with Gasteiger partial charge in [0.2, 0.25) is 9.05 Å². The van der Waals surface area contributed by atoms with Crippen LogP contribution in [-0.2, 0) is 9.05 Å². The van der Waals surface area contributed by atoms with E-state index >= 15 is 0 Å². The maximum absolute atomic E-state index is 9.40. The maximum atomic E-state index is 9.40. The van der Waals surface area contributed by atoms with Crippen LogP contribution in [0.1, 0.15) is 0 Å². The minimum absolute atomic E-state index is 0.925. The van der Waals surface area contributed by atoms with Crippen molar-refractivity contribution >= 4 is 19.7 Å². The van der Waals surface area contributed by atoms with Gasteiger partial charge in [-0.25, -0.2) is 8.42 Å². The molecule has 0 spiro atoms. The third-order valence-corrected chi connectivity index (χ3v) is 0. The Morgan fingerprint density at radius 2 is 1.43 bits per heavy atom. The van der Waals surface area contributed by atoms with E-state index in [1.807, 2.05) is 0 Å². The second-order valence-electron chi connectivity index (χ2n) is 0.682. The summed E-state index contributed by atoms with van der Waals surface area (Å²) >= 11 is 0. The number of halogens is 1. The van der Waals surface area contributed by atoms with E-state index in [1.54, 1.807) is 0 Å². The second-order valence-corrected chi connectivity index (χ2v) is 3.73. The molecule has 0 fully saturated rings. The van der Waals surface area contributed by atoms with Gasteiger partial charge in [0.05, 0.1) is 6.26 Å². The van der Waals surface area contributed by atoms with Gasteiger partial charge in [-0.2, -0.15) is 0 Å². The molecule has 46 valence electrons. The van der Waals surface area contributed by atoms with Gasteiger partial charge >= 0.3 is 0 Å². The van der Waals surface area contributed by atoms with Gasteiger partial charge in [-0.1, -0.05) is 0 Å². The van der Waals surface area contributed by atoms with E-state index in [0.29, 0.717) is 0 Å². The van der Waals surface area contributed by atoms with E-state index < -0.39 is 9.05 Å². The van der Waals surface area contributed by atoms with E-state index in [1.165, 1.54) is 7.05 Å². The van der Waals surface area contributed by atoms with Crippen molar-refractivity contribution in [2.75, 3.05) is 13.3 Å². The highest BCUT2D eigenvalue weighted by atomic mass is 35.7. The second kappa shape index (κ2) is 4.36. The molecule has 0 saturated carbocycles. The molecule has 0 aliphatic rings. The van der Waals surface area contributed by atoms with Crippen LogP contribution in [0.3, 0.4) is 0 Å². The Morgan fingerprint density at radius 3 is 1.43 bits per heavy atom. The molecule has 0 rings (SSSR count). The summed E-state index contributed by atoms with van der Waals surface area (Å²) in [6.45, 7) is 0. The van der Waals surface area contributed by atoms with Gasteiger partial charge < -0.3 is 5.73 Å². The smallest absolute Gasteiger partial charge is 0.229 e. The minimum Gasteiger partial charge on any atom is -0.333 e. The molecule has 2 N–H and O–H groups in total. The fraction of sp³-hybridized carbons (Fsp3) is 1.00. The number of nitrogens with two attached hydrogens (primary N) is 1. The molecule has 0 aromatic heterocycles. The summed E-state index contributed by atoms with van der Waals surface area (Å²) in [4.78, 5) is 0. The molecular formula is C2H8ClNO2S. The van der Waals surface area contributed by atoms with Crippen LogP contribution in [-0.4, -0.2) is 21.7 Å². The summed E-state index contributed by atoms with van der Waals surface area (Å²) in [5, 5.41) is 0. The van der Waals surface area contributed by atoms with Gasteiger partial charge in [-0.3, -0.25) is 0 Å². The summed E-state index contributed by atoms with van der Waals surface area (Å²) in [5.74, 6) is 0. The van der Waals surface area contributed by atoms with Crippen LogP contribution in [0.25, 0.3) is 0 Å². The van der Waals surface area contributed by atoms with Crippen LogP contribution in [0.5, 0.6) is 0 Å². The predicted molar refractivity (Wildman–Crippen MR) is 30.8 cm³/mol. The van der Waals surface area contributed by atoms with Crippen molar-refractivity contribution in [3.63, 3.8) is 0 Å². The molecule has 3 nitrogen and oxygen atoms in total. The summed E-state index contributed by atoms with van der Waals surface area (Å²) in [6.07, 6.45) is 0.925. The Balaban J connectivity index is 0. The van der Waals surface area contributed by atoms with Crippen molar-refractivity contribution in [1.29, 1.82) is 0 Å². The minimum atomic E-state index is -3.19. The zero-order chi connectivity index (χ0) is 6.50. The fourth-order valence-electron chi connectivity index (χ4n) is 0. The molecule has 0 aromatic carbocycles. The standard InChI is InChI=1S/CH3ClO2S.CH5N/c1-5(2,3)4;1-2/h1H3;2H2,1H3. The Bertz CT molecular complexity index is 98.9. The van der Waals surface area contributed by atoms with Crippen molar-refractivity contribution < 1.29 is 8.42 Å². The lowest BCUT2D eigenvalue weighted by atomic mass is 11.6. The monoisotopic (exact) mass is 145 g/mol. The molecule has 0 atom stereocenters. The van der Waals surface area contributed by atoms with Crippen LogP contribution in [0.2, 0.25) is 0 Å². The van der Waals surface area contributed by atoms with Gasteiger partial charge in [0, 0.05) is 10.7 Å². The van der Waals surface area contributed by atoms with Gasteiger partial charge in [-0.15, -0.1) is 0 Å². The maximum Gasteiger partial charge on any atom is 0.229 e. The van der Waals surface area contributed by atoms with Crippen molar-refractivity contribution in [1.82, 2.24) is 0 Å². The zero-order valence-corrected chi connectivity index (χ0v) is 5.75. The zero-order valence-electron chi connectivity index (χ0n) is 4.18. The van der Waals surface area contributed by atoms with Gasteiger partial charge in [0.15, 0.2) is 0 Å². The lowest BCUT2D eigenvalue weighted by Crippen LogP contribution is -1.76. The molecule has 0 aliphatic carbocycles. The van der Waals surface area contributed by atoms with Crippen molar-refractivity contribution in [3.8, 4) is 0 Å². The van der Waals surface area contributed by atoms with Crippen LogP contribution < -0.4 is 5.73 Å². The Hall–Kier alpha value is 0.200. The predicted octanol–water partition coefficient (Wildman–Crippen LogP) is -0.240. The summed E-state index contributed by atoms with van der Waals surface area (Å²) < 4.78 is 18.8. The molecule has 7 heavy (non-hydrogen) atoms. The highest BCUT2D eigenvalue weighted by Gasteiger charge is 1.83. The van der Waals surface area contributed by atoms with Gasteiger partial charge in [0.1, 0.15) is 0 Å². The largest absolute Gasteiger partial charge is 0.333 e. The van der Waals surface area contributed by atoms with Gasteiger partial charge in [-0.05, 0) is 7.05 Å². The van der Waals surface area contributed by atoms with Gasteiger partial charge in [0.25, 0.3) is 0 Å². The highest BCUT2D eigenvalue weighted by Crippen LogP contribution is 1.83. The molecule has 0 amide bonds. The first kappa shape index (κ1) is 10.2. The first-order valence-electron chi connectivity index (χ1n) is 1.47. The van der Waals surface area contributed by atoms with E-state index in [2.05, 4.69) is 16.4 Å². The summed E-state index contributed by atoms with van der Waals surface area (Å²) in [7, 11) is 2.81. The molecule has 0 aliphatic heterocycles. The third-order valence-electron chi connectivity index (χ3n) is 0. The average molecular weight is 146 g/mol. The van der Waals surface area contributed by atoms with Crippen LogP contribution in [0, 0.1) is 0 Å². The molecule has 0 heterocycles. The Morgan fingerprint density at radius 1 is 1.43 bits per heavy atom. The SMILES string of the molecule is CN.CS(=O)(=O)Cl. The highest BCUT2D eigenvalue weighted by molar-refractivity contribution is 8.13. The van der Waals surface area contributed by atoms with E-state index in [-0.39, 0.29) is 0 Å². The molecule has 0 radical (unpaired) electrons. The van der Waals surface area contributed by atoms with E-state index in [0.717, 1.165) is 6.26 Å². The van der Waals surface area contributed by atoms with Crippen LogP contribution in [0.15, 0.2) is 0 Å². The number of hydrogen-bond acceptors (Lipinski definition) is 3. The van der Waals surface area contributed by atoms with Crippen LogP contribution >= 0.6 is 10.7 Å². The Kier molecular flexibility index (Phi) is 6.38. The van der Waals surface area contributed by atoms with Crippen molar-refractivity contribution in [2.24, 2.45) is 5.73 Å². The number of rotatable bonds is 0. The first-order valence-corrected chi connectivity index (χ1v) is 4.19. The third kappa shape index (κ3) is 2730. The topological polar surface area (TPSA) is 60.2 Å². The Labute approximate surface area is 47.9 Å². The quantitative estimate of drug-likeness (QED) is 0.479. The van der Waals surface area contributed by atoms with Crippen molar-refractivity contribution in [3.05, 3.63) is 0 Å². The fourth-order valence-corrected chi connectivity index (χ4v) is 0. The molecule has 0 aromatic rings. The summed E-state index contributed by atoms with van der Waals surface area (Å²) in [6, 6.07) is 0. The number of hydrogen-bond donors (Lipinski definition) is 1. The first-order chi connectivity index (χ1) is 3.00. The molecular weight excluding hydrogens is 138 g/mol. The molecule has 0 unspecified atom stereocenters. The molecule has 0 bridgehead atoms.